The van der Waals surface area contributed by atoms with E-state index in [0.717, 1.165) is 24.9 Å². The molecule has 0 unspecified atom stereocenters. The molecule has 0 aliphatic heterocycles. The summed E-state index contributed by atoms with van der Waals surface area (Å²) < 4.78 is 1.57. The van der Waals surface area contributed by atoms with Crippen molar-refractivity contribution in [2.45, 2.75) is 32.4 Å². The minimum atomic E-state index is -0.596. The number of carbonyl (C=O) groups excluding carboxylic acids is 1. The number of nitrogens with two attached hydrogens (primary N) is 2. The fourth-order valence-corrected chi connectivity index (χ4v) is 3.58. The van der Waals surface area contributed by atoms with Crippen LogP contribution in [-0.4, -0.2) is 54.6 Å². The summed E-state index contributed by atoms with van der Waals surface area (Å²) in [5.41, 5.74) is 14.2. The Balaban J connectivity index is 1.74. The summed E-state index contributed by atoms with van der Waals surface area (Å²) in [5.74, 6) is 1.54. The highest BCUT2D eigenvalue weighted by Crippen LogP contribution is 2.25. The van der Waals surface area contributed by atoms with Gasteiger partial charge in [-0.25, -0.2) is 0 Å². The van der Waals surface area contributed by atoms with Crippen LogP contribution in [0.3, 0.4) is 0 Å². The van der Waals surface area contributed by atoms with Crippen LogP contribution in [-0.2, 0) is 11.3 Å². The third kappa shape index (κ3) is 5.80. The number of unbranched alkanes of at least 4 members (excludes halogenated alkanes) is 1. The second-order valence-corrected chi connectivity index (χ2v) is 8.40. The fourth-order valence-electron chi connectivity index (χ4n) is 3.01. The number of nitrogens with one attached hydrogen (secondary N) is 2. The average molecular weight is 458 g/mol. The molecule has 1 amide bonds. The molecule has 0 bridgehead atoms. The second kappa shape index (κ2) is 11.0. The summed E-state index contributed by atoms with van der Waals surface area (Å²) in [5, 5.41) is 16.3. The third-order valence-electron chi connectivity index (χ3n) is 4.76. The number of benzene rings is 1. The highest BCUT2D eigenvalue weighted by atomic mass is 32.2. The van der Waals surface area contributed by atoms with Crippen LogP contribution in [0, 0.1) is 6.92 Å². The maximum atomic E-state index is 12.2. The number of carbonyl (C=O) groups is 1. The van der Waals surface area contributed by atoms with E-state index in [0.29, 0.717) is 40.9 Å². The van der Waals surface area contributed by atoms with E-state index < -0.39 is 6.04 Å². The maximum Gasteiger partial charge on any atom is 0.296 e. The molecular formula is C21H29N8O2S. The molecule has 11 heteroatoms. The molecule has 0 aliphatic carbocycles. The van der Waals surface area contributed by atoms with Crippen molar-refractivity contribution in [3.05, 3.63) is 36.8 Å². The second-order valence-electron chi connectivity index (χ2n) is 7.25. The SMILES string of the molecule is [CH2]CSC[C@H](N)C(=O)Nc1ccc(Cn2c(O)nc3c(N)nc(NCCCC)nc32)cc1. The monoisotopic (exact) mass is 457 g/mol. The number of fused-ring (bicyclic) bond motifs is 1. The zero-order valence-electron chi connectivity index (χ0n) is 18.0. The molecule has 0 aliphatic rings. The molecule has 3 rings (SSSR count). The van der Waals surface area contributed by atoms with Crippen LogP contribution < -0.4 is 22.1 Å². The van der Waals surface area contributed by atoms with Crippen molar-refractivity contribution in [3.8, 4) is 6.01 Å². The maximum absolute atomic E-state index is 12.2. The van der Waals surface area contributed by atoms with Crippen molar-refractivity contribution in [2.75, 3.05) is 34.4 Å². The first kappa shape index (κ1) is 23.6. The van der Waals surface area contributed by atoms with Gasteiger partial charge in [-0.3, -0.25) is 9.36 Å². The summed E-state index contributed by atoms with van der Waals surface area (Å²) in [6, 6.07) is 6.47. The number of thioether (sulfide) groups is 1. The van der Waals surface area contributed by atoms with E-state index in [1.807, 2.05) is 12.1 Å². The van der Waals surface area contributed by atoms with Gasteiger partial charge in [-0.2, -0.15) is 26.7 Å². The Kier molecular flexibility index (Phi) is 8.12. The Bertz CT molecular complexity index is 1050. The number of nitrogen functional groups attached to an aromatic ring is 1. The number of anilines is 3. The molecule has 2 aromatic heterocycles. The van der Waals surface area contributed by atoms with E-state index in [4.69, 9.17) is 11.5 Å². The van der Waals surface area contributed by atoms with Crippen molar-refractivity contribution in [3.63, 3.8) is 0 Å². The van der Waals surface area contributed by atoms with Gasteiger partial charge in [0.05, 0.1) is 12.6 Å². The lowest BCUT2D eigenvalue weighted by molar-refractivity contribution is -0.116. The van der Waals surface area contributed by atoms with E-state index in [-0.39, 0.29) is 17.7 Å². The topological polar surface area (TPSA) is 157 Å². The lowest BCUT2D eigenvalue weighted by Gasteiger charge is -2.12. The largest absolute Gasteiger partial charge is 0.480 e. The number of aromatic nitrogens is 4. The van der Waals surface area contributed by atoms with Gasteiger partial charge >= 0.3 is 0 Å². The van der Waals surface area contributed by atoms with Gasteiger partial charge in [-0.1, -0.05) is 25.5 Å². The van der Waals surface area contributed by atoms with E-state index in [1.165, 1.54) is 11.8 Å². The molecule has 1 atom stereocenters. The Labute approximate surface area is 191 Å². The van der Waals surface area contributed by atoms with Gasteiger partial charge in [-0.05, 0) is 36.8 Å². The summed E-state index contributed by atoms with van der Waals surface area (Å²) in [6.45, 7) is 6.87. The van der Waals surface area contributed by atoms with Crippen LogP contribution in [0.4, 0.5) is 17.5 Å². The normalized spacial score (nSPS) is 12.1. The number of amides is 1. The highest BCUT2D eigenvalue weighted by Gasteiger charge is 2.17. The Hall–Kier alpha value is -3.05. The number of rotatable bonds is 11. The molecule has 1 radical (unpaired) electrons. The van der Waals surface area contributed by atoms with Gasteiger partial charge in [0.15, 0.2) is 17.0 Å². The van der Waals surface area contributed by atoms with Gasteiger partial charge in [-0.15, -0.1) is 0 Å². The molecule has 1 aromatic carbocycles. The van der Waals surface area contributed by atoms with Crippen molar-refractivity contribution in [1.29, 1.82) is 0 Å². The van der Waals surface area contributed by atoms with E-state index in [1.54, 1.807) is 16.7 Å². The predicted octanol–water partition coefficient (Wildman–Crippen LogP) is 2.21. The van der Waals surface area contributed by atoms with Gasteiger partial charge < -0.3 is 27.2 Å². The molecule has 7 N–H and O–H groups in total. The Morgan fingerprint density at radius 1 is 1.28 bits per heavy atom. The van der Waals surface area contributed by atoms with Gasteiger partial charge in [0, 0.05) is 18.0 Å². The average Bonchev–Trinajstić information content (AvgIpc) is 3.09. The van der Waals surface area contributed by atoms with Gasteiger partial charge in [0.25, 0.3) is 6.01 Å². The van der Waals surface area contributed by atoms with Crippen molar-refractivity contribution in [2.24, 2.45) is 5.73 Å². The van der Waals surface area contributed by atoms with Crippen molar-refractivity contribution < 1.29 is 9.90 Å². The molecule has 3 aromatic rings. The van der Waals surface area contributed by atoms with Crippen molar-refractivity contribution >= 4 is 46.3 Å². The van der Waals surface area contributed by atoms with Crippen LogP contribution in [0.15, 0.2) is 24.3 Å². The van der Waals surface area contributed by atoms with Gasteiger partial charge in [0.1, 0.15) is 0 Å². The van der Waals surface area contributed by atoms with Crippen LogP contribution in [0.5, 0.6) is 6.01 Å². The standard InChI is InChI=1S/C21H29N8O2S/c1-3-5-10-24-20-27-17(23)16-18(28-20)29(21(31)26-16)11-13-6-8-14(9-7-13)25-19(30)15(22)12-32-4-2/h6-9,15H,2-5,10-12,22H2,1H3,(H,25,30)(H,26,31)(H3,23,24,27,28)/t15-/m0/s1. The molecule has 0 saturated heterocycles. The Morgan fingerprint density at radius 3 is 2.72 bits per heavy atom. The lowest BCUT2D eigenvalue weighted by atomic mass is 10.2. The summed E-state index contributed by atoms with van der Waals surface area (Å²) >= 11 is 1.52. The van der Waals surface area contributed by atoms with Crippen LogP contribution in [0.2, 0.25) is 0 Å². The molecule has 2 heterocycles. The molecule has 0 saturated carbocycles. The number of hydrogen-bond donors (Lipinski definition) is 5. The number of aromatic hydroxyl groups is 1. The zero-order chi connectivity index (χ0) is 23.1. The predicted molar refractivity (Wildman–Crippen MR) is 130 cm³/mol. The Morgan fingerprint density at radius 2 is 2.03 bits per heavy atom. The van der Waals surface area contributed by atoms with E-state index in [9.17, 15) is 9.90 Å². The first-order valence-corrected chi connectivity index (χ1v) is 11.6. The van der Waals surface area contributed by atoms with Gasteiger partial charge in [0.2, 0.25) is 11.9 Å². The highest BCUT2D eigenvalue weighted by molar-refractivity contribution is 7.99. The molecule has 171 valence electrons. The van der Waals surface area contributed by atoms with Crippen LogP contribution in [0.25, 0.3) is 11.2 Å². The summed E-state index contributed by atoms with van der Waals surface area (Å²) in [7, 11) is 0. The first-order chi connectivity index (χ1) is 15.4. The van der Waals surface area contributed by atoms with Crippen molar-refractivity contribution in [1.82, 2.24) is 19.5 Å². The lowest BCUT2D eigenvalue weighted by Crippen LogP contribution is -2.37. The summed E-state index contributed by atoms with van der Waals surface area (Å²) in [4.78, 5) is 25.0. The van der Waals surface area contributed by atoms with E-state index >= 15 is 0 Å². The number of imidazole rings is 1. The molecule has 0 spiro atoms. The molecule has 32 heavy (non-hydrogen) atoms. The number of nitrogens with zero attached hydrogens (tertiary/aromatic N) is 4. The summed E-state index contributed by atoms with van der Waals surface area (Å²) in [6.07, 6.45) is 2.02. The van der Waals surface area contributed by atoms with Crippen LogP contribution >= 0.6 is 11.8 Å². The zero-order valence-corrected chi connectivity index (χ0v) is 18.9. The number of hydrogen-bond acceptors (Lipinski definition) is 9. The minimum Gasteiger partial charge on any atom is -0.480 e. The molecule has 10 nitrogen and oxygen atoms in total. The van der Waals surface area contributed by atoms with E-state index in [2.05, 4.69) is 39.4 Å². The minimum absolute atomic E-state index is 0.196. The smallest absolute Gasteiger partial charge is 0.296 e. The third-order valence-corrected chi connectivity index (χ3v) is 5.64. The molecular weight excluding hydrogens is 428 g/mol. The quantitative estimate of drug-likeness (QED) is 0.272. The van der Waals surface area contributed by atoms with Crippen LogP contribution in [0.1, 0.15) is 25.3 Å². The first-order valence-electron chi connectivity index (χ1n) is 10.4. The molecule has 0 fully saturated rings. The fraction of sp³-hybridized carbons (Fsp3) is 0.381.